The van der Waals surface area contributed by atoms with Crippen molar-refractivity contribution in [1.29, 1.82) is 5.26 Å². The third kappa shape index (κ3) is 1.75. The topological polar surface area (TPSA) is 93.7 Å². The highest BCUT2D eigenvalue weighted by Crippen LogP contribution is 2.27. The van der Waals surface area contributed by atoms with Crippen LogP contribution in [0.2, 0.25) is 0 Å². The van der Waals surface area contributed by atoms with Gasteiger partial charge in [0.25, 0.3) is 0 Å². The lowest BCUT2D eigenvalue weighted by molar-refractivity contribution is -0.0690. The van der Waals surface area contributed by atoms with Gasteiger partial charge in [-0.3, -0.25) is 0 Å². The van der Waals surface area contributed by atoms with E-state index in [1.54, 1.807) is 0 Å². The zero-order valence-electron chi connectivity index (χ0n) is 9.62. The molecule has 18 heavy (non-hydrogen) atoms. The molecule has 2 heterocycles. The molecule has 1 fully saturated rings. The minimum Gasteiger partial charge on any atom is -0.383 e. The summed E-state index contributed by atoms with van der Waals surface area (Å²) in [4.78, 5) is 16.5. The van der Waals surface area contributed by atoms with Gasteiger partial charge in [-0.2, -0.15) is 5.26 Å². The summed E-state index contributed by atoms with van der Waals surface area (Å²) in [6.45, 7) is 1.49. The molecule has 1 aliphatic rings. The predicted octanol–water partition coefficient (Wildman–Crippen LogP) is 0.808. The molecule has 2 aromatic rings. The summed E-state index contributed by atoms with van der Waals surface area (Å²) in [6, 6.07) is 7.82. The van der Waals surface area contributed by atoms with E-state index in [1.165, 1.54) is 0 Å². The van der Waals surface area contributed by atoms with Crippen LogP contribution in [0.25, 0.3) is 11.0 Å². The van der Waals surface area contributed by atoms with Gasteiger partial charge in [-0.25, -0.2) is 4.79 Å². The number of benzene rings is 1. The lowest BCUT2D eigenvalue weighted by Gasteiger charge is -2.35. The summed E-state index contributed by atoms with van der Waals surface area (Å²) in [5, 5.41) is 12.3. The van der Waals surface area contributed by atoms with E-state index < -0.39 is 5.41 Å². The lowest BCUT2D eigenvalue weighted by atomic mass is 9.88. The quantitative estimate of drug-likeness (QED) is 0.744. The SMILES string of the molecule is N#CC1(CNc2ccc3[nH]c(=O)[nH]c3c2)COC1. The van der Waals surface area contributed by atoms with Gasteiger partial charge in [0.2, 0.25) is 0 Å². The van der Waals surface area contributed by atoms with Gasteiger partial charge in [0.05, 0.1) is 30.3 Å². The zero-order chi connectivity index (χ0) is 12.6. The van der Waals surface area contributed by atoms with Crippen LogP contribution in [0.3, 0.4) is 0 Å². The third-order valence-corrected chi connectivity index (χ3v) is 3.14. The molecule has 0 bridgehead atoms. The first kappa shape index (κ1) is 10.9. The largest absolute Gasteiger partial charge is 0.383 e. The van der Waals surface area contributed by atoms with Gasteiger partial charge in [0.15, 0.2) is 0 Å². The lowest BCUT2D eigenvalue weighted by Crippen LogP contribution is -2.46. The first-order valence-corrected chi connectivity index (χ1v) is 5.66. The smallest absolute Gasteiger partial charge is 0.323 e. The summed E-state index contributed by atoms with van der Waals surface area (Å²) < 4.78 is 5.08. The molecule has 0 saturated carbocycles. The third-order valence-electron chi connectivity index (χ3n) is 3.14. The molecular formula is C12H12N4O2. The van der Waals surface area contributed by atoms with Crippen LogP contribution in [0.4, 0.5) is 5.69 Å². The Morgan fingerprint density at radius 2 is 2.17 bits per heavy atom. The summed E-state index contributed by atoms with van der Waals surface area (Å²) >= 11 is 0. The van der Waals surface area contributed by atoms with E-state index in [2.05, 4.69) is 21.4 Å². The maximum Gasteiger partial charge on any atom is 0.323 e. The molecule has 6 nitrogen and oxygen atoms in total. The number of hydrogen-bond acceptors (Lipinski definition) is 4. The molecular weight excluding hydrogens is 232 g/mol. The Morgan fingerprint density at radius 3 is 2.83 bits per heavy atom. The standard InChI is InChI=1S/C12H12N4O2/c13-4-12(6-18-7-12)5-14-8-1-2-9-10(3-8)16-11(17)15-9/h1-3,14H,5-7H2,(H2,15,16,17). The van der Waals surface area contributed by atoms with E-state index in [4.69, 9.17) is 10.00 Å². The summed E-state index contributed by atoms with van der Waals surface area (Å²) in [5.41, 5.74) is 1.76. The van der Waals surface area contributed by atoms with Crippen molar-refractivity contribution in [2.75, 3.05) is 25.1 Å². The van der Waals surface area contributed by atoms with Gasteiger partial charge < -0.3 is 20.0 Å². The van der Waals surface area contributed by atoms with Gasteiger partial charge in [-0.05, 0) is 18.2 Å². The molecule has 1 aromatic heterocycles. The maximum atomic E-state index is 11.1. The Labute approximate surface area is 103 Å². The number of anilines is 1. The Bertz CT molecular complexity index is 675. The van der Waals surface area contributed by atoms with Crippen molar-refractivity contribution in [1.82, 2.24) is 9.97 Å². The Hall–Kier alpha value is -2.26. The second-order valence-electron chi connectivity index (χ2n) is 4.58. The van der Waals surface area contributed by atoms with Crippen LogP contribution < -0.4 is 11.0 Å². The number of hydrogen-bond donors (Lipinski definition) is 3. The van der Waals surface area contributed by atoms with Crippen LogP contribution in [0.5, 0.6) is 0 Å². The highest BCUT2D eigenvalue weighted by Gasteiger charge is 2.38. The number of aromatic nitrogens is 2. The van der Waals surface area contributed by atoms with E-state index in [1.807, 2.05) is 18.2 Å². The minimum absolute atomic E-state index is 0.219. The minimum atomic E-state index is -0.416. The second kappa shape index (κ2) is 3.89. The first-order valence-electron chi connectivity index (χ1n) is 5.66. The van der Waals surface area contributed by atoms with Gasteiger partial charge in [0.1, 0.15) is 5.41 Å². The van der Waals surface area contributed by atoms with E-state index in [9.17, 15) is 4.79 Å². The van der Waals surface area contributed by atoms with E-state index in [0.717, 1.165) is 16.7 Å². The highest BCUT2D eigenvalue weighted by atomic mass is 16.5. The Morgan fingerprint density at radius 1 is 1.39 bits per heavy atom. The average molecular weight is 244 g/mol. The molecule has 0 radical (unpaired) electrons. The Balaban J connectivity index is 1.78. The molecule has 6 heteroatoms. The number of H-pyrrole nitrogens is 2. The second-order valence-corrected chi connectivity index (χ2v) is 4.58. The molecule has 1 saturated heterocycles. The molecule has 0 spiro atoms. The molecule has 0 aliphatic carbocycles. The number of ether oxygens (including phenoxy) is 1. The normalized spacial score (nSPS) is 17.1. The number of fused-ring (bicyclic) bond motifs is 1. The van der Waals surface area contributed by atoms with E-state index >= 15 is 0 Å². The van der Waals surface area contributed by atoms with Crippen molar-refractivity contribution < 1.29 is 4.74 Å². The summed E-state index contributed by atoms with van der Waals surface area (Å²) in [6.07, 6.45) is 0. The zero-order valence-corrected chi connectivity index (χ0v) is 9.62. The van der Waals surface area contributed by atoms with Crippen LogP contribution in [0.15, 0.2) is 23.0 Å². The monoisotopic (exact) mass is 244 g/mol. The molecule has 3 rings (SSSR count). The van der Waals surface area contributed by atoms with Crippen LogP contribution in [0, 0.1) is 16.7 Å². The van der Waals surface area contributed by atoms with Gasteiger partial charge in [0, 0.05) is 12.2 Å². The molecule has 0 unspecified atom stereocenters. The fourth-order valence-electron chi connectivity index (χ4n) is 1.97. The molecule has 0 atom stereocenters. The first-order chi connectivity index (χ1) is 8.71. The number of rotatable bonds is 3. The van der Waals surface area contributed by atoms with Crippen molar-refractivity contribution in [3.05, 3.63) is 28.7 Å². The average Bonchev–Trinajstić information content (AvgIpc) is 2.67. The van der Waals surface area contributed by atoms with Gasteiger partial charge >= 0.3 is 5.69 Å². The van der Waals surface area contributed by atoms with Gasteiger partial charge in [-0.1, -0.05) is 0 Å². The van der Waals surface area contributed by atoms with Crippen LogP contribution in [-0.2, 0) is 4.74 Å². The number of nitriles is 1. The van der Waals surface area contributed by atoms with E-state index in [-0.39, 0.29) is 5.69 Å². The maximum absolute atomic E-state index is 11.1. The van der Waals surface area contributed by atoms with Crippen molar-refractivity contribution in [3.63, 3.8) is 0 Å². The van der Waals surface area contributed by atoms with Crippen LogP contribution in [0.1, 0.15) is 0 Å². The van der Waals surface area contributed by atoms with Gasteiger partial charge in [-0.15, -0.1) is 0 Å². The Kier molecular flexibility index (Phi) is 2.35. The van der Waals surface area contributed by atoms with Crippen molar-refractivity contribution in [2.45, 2.75) is 0 Å². The fraction of sp³-hybridized carbons (Fsp3) is 0.333. The number of nitrogens with zero attached hydrogens (tertiary/aromatic N) is 1. The van der Waals surface area contributed by atoms with E-state index in [0.29, 0.717) is 19.8 Å². The van der Waals surface area contributed by atoms with Crippen LogP contribution in [-0.4, -0.2) is 29.7 Å². The summed E-state index contributed by atoms with van der Waals surface area (Å²) in [7, 11) is 0. The molecule has 0 amide bonds. The molecule has 92 valence electrons. The number of nitrogens with one attached hydrogen (secondary N) is 3. The molecule has 1 aliphatic heterocycles. The molecule has 3 N–H and O–H groups in total. The van der Waals surface area contributed by atoms with Crippen molar-refractivity contribution >= 4 is 16.7 Å². The fourth-order valence-corrected chi connectivity index (χ4v) is 1.97. The van der Waals surface area contributed by atoms with Crippen LogP contribution >= 0.6 is 0 Å². The number of imidazole rings is 1. The highest BCUT2D eigenvalue weighted by molar-refractivity contribution is 5.78. The number of aromatic amines is 2. The summed E-state index contributed by atoms with van der Waals surface area (Å²) in [5.74, 6) is 0. The van der Waals surface area contributed by atoms with Crippen molar-refractivity contribution in [2.24, 2.45) is 5.41 Å². The predicted molar refractivity (Wildman–Crippen MR) is 66.3 cm³/mol. The van der Waals surface area contributed by atoms with Crippen molar-refractivity contribution in [3.8, 4) is 6.07 Å². The molecule has 1 aromatic carbocycles.